The fourth-order valence-electron chi connectivity index (χ4n) is 0.0896. The van der Waals surface area contributed by atoms with Crippen LogP contribution in [-0.4, -0.2) is 11.4 Å². The van der Waals surface area contributed by atoms with Crippen molar-refractivity contribution in [3.63, 3.8) is 0 Å². The van der Waals surface area contributed by atoms with Crippen LogP contribution < -0.4 is 0 Å². The zero-order valence-electron chi connectivity index (χ0n) is 3.16. The van der Waals surface area contributed by atoms with Gasteiger partial charge in [-0.3, -0.25) is 5.41 Å². The van der Waals surface area contributed by atoms with Crippen molar-refractivity contribution in [3.8, 4) is 0 Å². The van der Waals surface area contributed by atoms with Crippen molar-refractivity contribution in [1.82, 2.24) is 0 Å². The highest BCUT2D eigenvalue weighted by atomic mass is 35.5. The second-order valence-electron chi connectivity index (χ2n) is 0.813. The summed E-state index contributed by atoms with van der Waals surface area (Å²) in [5, 5.41) is 12.9. The molecule has 34 valence electrons. The fraction of sp³-hybridized carbons (Fsp3) is 0.333. The lowest BCUT2D eigenvalue weighted by molar-refractivity contribution is 1.44. The maximum atomic E-state index is 6.51. The normalized spacial score (nSPS) is 7.50. The van der Waals surface area contributed by atoms with E-state index in [0.29, 0.717) is 0 Å². The summed E-state index contributed by atoms with van der Waals surface area (Å²) in [7, 11) is 0. The minimum Gasteiger partial charge on any atom is -0.313 e. The molecule has 0 atom stereocenters. The summed E-state index contributed by atoms with van der Waals surface area (Å²) >= 11 is 5.01. The summed E-state index contributed by atoms with van der Waals surface area (Å²) in [6, 6.07) is 0. The van der Waals surface area contributed by atoms with Crippen LogP contribution in [-0.2, 0) is 0 Å². The molecule has 0 aliphatic carbocycles. The van der Waals surface area contributed by atoms with Crippen LogP contribution in [0, 0.1) is 10.8 Å². The largest absolute Gasteiger partial charge is 0.313 e. The van der Waals surface area contributed by atoms with E-state index in [1.807, 2.05) is 0 Å². The monoisotopic (exact) mass is 104 g/mol. The Hall–Kier alpha value is -0.370. The minimum absolute atomic E-state index is 0.0185. The van der Waals surface area contributed by atoms with E-state index in [0.717, 1.165) is 6.21 Å². The van der Waals surface area contributed by atoms with Gasteiger partial charge in [0.2, 0.25) is 0 Å². The standard InChI is InChI=1S/C3H5ClN2/c4-3(6)1-2-5/h2,5-6H,1H2. The van der Waals surface area contributed by atoms with E-state index >= 15 is 0 Å². The van der Waals surface area contributed by atoms with Crippen molar-refractivity contribution >= 4 is 23.0 Å². The van der Waals surface area contributed by atoms with Crippen molar-refractivity contribution in [3.05, 3.63) is 0 Å². The van der Waals surface area contributed by atoms with Crippen molar-refractivity contribution in [1.29, 1.82) is 10.8 Å². The van der Waals surface area contributed by atoms with Crippen LogP contribution in [0.4, 0.5) is 0 Å². The van der Waals surface area contributed by atoms with Gasteiger partial charge < -0.3 is 5.41 Å². The number of halogens is 1. The number of hydrogen-bond donors (Lipinski definition) is 2. The molecule has 0 aromatic carbocycles. The molecule has 0 fully saturated rings. The van der Waals surface area contributed by atoms with Crippen LogP contribution in [0.2, 0.25) is 0 Å². The van der Waals surface area contributed by atoms with E-state index in [2.05, 4.69) is 0 Å². The minimum atomic E-state index is 0.0185. The van der Waals surface area contributed by atoms with Gasteiger partial charge in [-0.2, -0.15) is 0 Å². The second kappa shape index (κ2) is 2.85. The average molecular weight is 105 g/mol. The Bertz CT molecular complexity index is 69.2. The van der Waals surface area contributed by atoms with Gasteiger partial charge in [-0.15, -0.1) is 0 Å². The lowest BCUT2D eigenvalue weighted by atomic mass is 10.5. The van der Waals surface area contributed by atoms with Gasteiger partial charge >= 0.3 is 0 Å². The smallest absolute Gasteiger partial charge is 0.102 e. The molecule has 0 amide bonds. The van der Waals surface area contributed by atoms with Gasteiger partial charge in [-0.1, -0.05) is 11.6 Å². The third-order valence-corrected chi connectivity index (χ3v) is 0.436. The maximum absolute atomic E-state index is 6.51. The van der Waals surface area contributed by atoms with E-state index < -0.39 is 0 Å². The molecular weight excluding hydrogens is 99.5 g/mol. The van der Waals surface area contributed by atoms with Crippen LogP contribution in [0.25, 0.3) is 0 Å². The lowest BCUT2D eigenvalue weighted by Gasteiger charge is -1.75. The van der Waals surface area contributed by atoms with Crippen molar-refractivity contribution in [2.75, 3.05) is 0 Å². The van der Waals surface area contributed by atoms with Gasteiger partial charge in [0, 0.05) is 12.6 Å². The van der Waals surface area contributed by atoms with E-state index in [9.17, 15) is 0 Å². The van der Waals surface area contributed by atoms with Gasteiger partial charge in [0.05, 0.1) is 0 Å². The molecule has 3 heteroatoms. The van der Waals surface area contributed by atoms with Gasteiger partial charge in [-0.25, -0.2) is 0 Å². The van der Waals surface area contributed by atoms with Crippen LogP contribution in [0.3, 0.4) is 0 Å². The van der Waals surface area contributed by atoms with Crippen molar-refractivity contribution in [2.45, 2.75) is 6.42 Å². The molecule has 0 saturated carbocycles. The number of hydrogen-bond acceptors (Lipinski definition) is 2. The highest BCUT2D eigenvalue weighted by Crippen LogP contribution is 1.81. The SMILES string of the molecule is N=CCC(=N)Cl. The molecule has 0 aromatic rings. The molecule has 0 spiro atoms. The summed E-state index contributed by atoms with van der Waals surface area (Å²) in [4.78, 5) is 0. The van der Waals surface area contributed by atoms with E-state index in [-0.39, 0.29) is 11.6 Å². The lowest BCUT2D eigenvalue weighted by Crippen LogP contribution is -1.81. The third kappa shape index (κ3) is 3.63. The first-order valence-corrected chi connectivity index (χ1v) is 1.87. The van der Waals surface area contributed by atoms with Crippen molar-refractivity contribution in [2.24, 2.45) is 0 Å². The van der Waals surface area contributed by atoms with Gasteiger partial charge in [0.25, 0.3) is 0 Å². The summed E-state index contributed by atoms with van der Waals surface area (Å²) in [5.74, 6) is 0. The predicted molar refractivity (Wildman–Crippen MR) is 27.0 cm³/mol. The Kier molecular flexibility index (Phi) is 2.67. The Labute approximate surface area is 41.1 Å². The molecule has 0 radical (unpaired) electrons. The fourth-order valence-corrected chi connectivity index (χ4v) is 0.167. The highest BCUT2D eigenvalue weighted by molar-refractivity contribution is 6.65. The average Bonchev–Trinajstić information content (AvgIpc) is 1.35. The summed E-state index contributed by atoms with van der Waals surface area (Å²) in [6.45, 7) is 0. The Morgan fingerprint density at radius 2 is 2.33 bits per heavy atom. The van der Waals surface area contributed by atoms with Gasteiger partial charge in [0.1, 0.15) is 5.17 Å². The Morgan fingerprint density at radius 3 is 2.33 bits per heavy atom. The Morgan fingerprint density at radius 1 is 1.83 bits per heavy atom. The molecule has 0 aliphatic heterocycles. The molecule has 2 nitrogen and oxygen atoms in total. The third-order valence-electron chi connectivity index (χ3n) is 0.281. The number of rotatable bonds is 2. The summed E-state index contributed by atoms with van der Waals surface area (Å²) < 4.78 is 0. The predicted octanol–water partition coefficient (Wildman–Crippen LogP) is 1.24. The first kappa shape index (κ1) is 5.63. The molecule has 0 aromatic heterocycles. The second-order valence-corrected chi connectivity index (χ2v) is 1.27. The molecule has 0 saturated heterocycles. The topological polar surface area (TPSA) is 47.7 Å². The molecule has 0 aliphatic rings. The molecule has 2 N–H and O–H groups in total. The first-order chi connectivity index (χ1) is 2.77. The van der Waals surface area contributed by atoms with Gasteiger partial charge in [0.15, 0.2) is 0 Å². The molecule has 0 rings (SSSR count). The van der Waals surface area contributed by atoms with Gasteiger partial charge in [-0.05, 0) is 0 Å². The Balaban J connectivity index is 3.05. The van der Waals surface area contributed by atoms with E-state index in [1.54, 1.807) is 0 Å². The summed E-state index contributed by atoms with van der Waals surface area (Å²) in [6.07, 6.45) is 1.36. The molecule has 0 bridgehead atoms. The number of nitrogens with one attached hydrogen (secondary N) is 2. The van der Waals surface area contributed by atoms with Crippen LogP contribution in [0.1, 0.15) is 6.42 Å². The zero-order chi connectivity index (χ0) is 4.99. The molecular formula is C3H5ClN2. The molecule has 0 unspecified atom stereocenters. The van der Waals surface area contributed by atoms with Crippen molar-refractivity contribution < 1.29 is 0 Å². The van der Waals surface area contributed by atoms with Crippen LogP contribution >= 0.6 is 11.6 Å². The zero-order valence-corrected chi connectivity index (χ0v) is 3.92. The quantitative estimate of drug-likeness (QED) is 0.496. The van der Waals surface area contributed by atoms with Crippen LogP contribution in [0.5, 0.6) is 0 Å². The highest BCUT2D eigenvalue weighted by Gasteiger charge is 1.79. The molecule has 6 heavy (non-hydrogen) atoms. The first-order valence-electron chi connectivity index (χ1n) is 1.49. The van der Waals surface area contributed by atoms with E-state index in [4.69, 9.17) is 22.4 Å². The van der Waals surface area contributed by atoms with E-state index in [1.165, 1.54) is 0 Å². The van der Waals surface area contributed by atoms with Crippen LogP contribution in [0.15, 0.2) is 0 Å². The molecule has 0 heterocycles. The maximum Gasteiger partial charge on any atom is 0.102 e. The summed E-state index contributed by atoms with van der Waals surface area (Å²) in [5.41, 5.74) is 0.